The number of hydrogen-bond donors (Lipinski definition) is 2. The quantitative estimate of drug-likeness (QED) is 0.659. The number of thioether (sulfide) groups is 1. The molecule has 0 spiro atoms. The summed E-state index contributed by atoms with van der Waals surface area (Å²) in [5.74, 6) is 1.80. The Bertz CT molecular complexity index is 680. The topological polar surface area (TPSA) is 82.5 Å². The van der Waals surface area contributed by atoms with E-state index >= 15 is 0 Å². The molecule has 142 valence electrons. The number of likely N-dealkylation sites (tertiary alicyclic amines) is 1. The zero-order valence-corrected chi connectivity index (χ0v) is 16.4. The molecule has 6 nitrogen and oxygen atoms in total. The smallest absolute Gasteiger partial charge is 0.355 e. The Morgan fingerprint density at radius 2 is 2.27 bits per heavy atom. The fourth-order valence-electron chi connectivity index (χ4n) is 4.75. The molecule has 3 fully saturated rings. The molecule has 3 aliphatic rings. The minimum absolute atomic E-state index is 0.0997. The number of amides is 1. The molecule has 2 N–H and O–H groups in total. The molecule has 1 aromatic heterocycles. The predicted octanol–water partition coefficient (Wildman–Crippen LogP) is 2.70. The summed E-state index contributed by atoms with van der Waals surface area (Å²) in [6, 6.07) is 0.957. The van der Waals surface area contributed by atoms with Gasteiger partial charge in [0.15, 0.2) is 10.0 Å². The largest absolute Gasteiger partial charge is 0.476 e. The Morgan fingerprint density at radius 3 is 2.96 bits per heavy atom. The highest BCUT2D eigenvalue weighted by atomic mass is 32.2. The van der Waals surface area contributed by atoms with Crippen molar-refractivity contribution < 1.29 is 14.7 Å². The van der Waals surface area contributed by atoms with E-state index in [0.29, 0.717) is 25.0 Å². The lowest BCUT2D eigenvalue weighted by Gasteiger charge is -2.29. The summed E-state index contributed by atoms with van der Waals surface area (Å²) in [7, 11) is 0. The number of hydrogen-bond acceptors (Lipinski definition) is 6. The average Bonchev–Trinajstić information content (AvgIpc) is 3.38. The highest BCUT2D eigenvalue weighted by Gasteiger charge is 2.40. The molecule has 2 heterocycles. The maximum absolute atomic E-state index is 12.2. The van der Waals surface area contributed by atoms with E-state index in [1.165, 1.54) is 48.8 Å². The van der Waals surface area contributed by atoms with Gasteiger partial charge in [-0.15, -0.1) is 11.3 Å². The van der Waals surface area contributed by atoms with Gasteiger partial charge in [0.2, 0.25) is 5.91 Å². The van der Waals surface area contributed by atoms with Gasteiger partial charge in [-0.2, -0.15) is 0 Å². The van der Waals surface area contributed by atoms with Gasteiger partial charge in [0.25, 0.3) is 0 Å². The molecule has 0 aromatic carbocycles. The number of fused-ring (bicyclic) bond motifs is 2. The molecular weight excluding hydrogens is 370 g/mol. The highest BCUT2D eigenvalue weighted by Crippen LogP contribution is 2.44. The van der Waals surface area contributed by atoms with Gasteiger partial charge < -0.3 is 15.3 Å². The number of nitrogens with zero attached hydrogens (tertiary/aromatic N) is 2. The minimum Gasteiger partial charge on any atom is -0.476 e. The summed E-state index contributed by atoms with van der Waals surface area (Å²) >= 11 is 2.88. The van der Waals surface area contributed by atoms with Crippen molar-refractivity contribution in [1.82, 2.24) is 15.2 Å². The van der Waals surface area contributed by atoms with E-state index in [4.69, 9.17) is 5.11 Å². The lowest BCUT2D eigenvalue weighted by molar-refractivity contribution is -0.128. The molecule has 0 unspecified atom stereocenters. The van der Waals surface area contributed by atoms with Crippen LogP contribution < -0.4 is 5.32 Å². The van der Waals surface area contributed by atoms with Crippen molar-refractivity contribution in [2.75, 3.05) is 18.8 Å². The van der Waals surface area contributed by atoms with Gasteiger partial charge in [0.1, 0.15) is 0 Å². The number of thiazole rings is 1. The fraction of sp³-hybridized carbons (Fsp3) is 0.722. The molecule has 1 amide bonds. The first-order chi connectivity index (χ1) is 12.6. The molecule has 4 atom stereocenters. The lowest BCUT2D eigenvalue weighted by atomic mass is 9.95. The van der Waals surface area contributed by atoms with Crippen LogP contribution in [0, 0.1) is 11.8 Å². The van der Waals surface area contributed by atoms with Gasteiger partial charge in [0.05, 0.1) is 0 Å². The molecule has 4 rings (SSSR count). The summed E-state index contributed by atoms with van der Waals surface area (Å²) < 4.78 is 0.755. The molecule has 2 aliphatic carbocycles. The van der Waals surface area contributed by atoms with E-state index in [1.54, 1.807) is 5.38 Å². The van der Waals surface area contributed by atoms with E-state index in [1.807, 2.05) is 4.90 Å². The van der Waals surface area contributed by atoms with E-state index in [0.717, 1.165) is 34.9 Å². The number of carbonyl (C=O) groups is 2. The van der Waals surface area contributed by atoms with E-state index in [-0.39, 0.29) is 11.6 Å². The number of carboxylic acids is 1. The van der Waals surface area contributed by atoms with E-state index in [2.05, 4.69) is 10.3 Å². The zero-order chi connectivity index (χ0) is 18.1. The standard InChI is InChI=1S/C18H25N3O3S2/c22-16-4-3-13(9-19-14-8-11-1-2-12(14)7-11)21(16)5-6-25-18-20-15(10-26-18)17(23)24/h10-14,19H,1-9H2,(H,23,24)/t11-,12-,13-,14-/m1/s1. The molecule has 1 aromatic rings. The zero-order valence-electron chi connectivity index (χ0n) is 14.7. The third kappa shape index (κ3) is 3.92. The van der Waals surface area contributed by atoms with Crippen LogP contribution in [0.2, 0.25) is 0 Å². The van der Waals surface area contributed by atoms with Crippen LogP contribution in [0.1, 0.15) is 49.0 Å². The molecule has 0 radical (unpaired) electrons. The number of rotatable bonds is 8. The number of aromatic carboxylic acids is 1. The van der Waals surface area contributed by atoms with Crippen molar-refractivity contribution in [3.63, 3.8) is 0 Å². The van der Waals surface area contributed by atoms with Gasteiger partial charge in [-0.1, -0.05) is 18.2 Å². The molecule has 8 heteroatoms. The lowest BCUT2D eigenvalue weighted by Crippen LogP contribution is -2.45. The van der Waals surface area contributed by atoms with Crippen molar-refractivity contribution in [3.05, 3.63) is 11.1 Å². The molecule has 2 bridgehead atoms. The second-order valence-corrected chi connectivity index (χ2v) is 9.82. The molecular formula is C18H25N3O3S2. The Balaban J connectivity index is 1.24. The van der Waals surface area contributed by atoms with Crippen molar-refractivity contribution in [1.29, 1.82) is 0 Å². The van der Waals surface area contributed by atoms with Crippen LogP contribution in [0.15, 0.2) is 9.72 Å². The Hall–Kier alpha value is -1.12. The first kappa shape index (κ1) is 18.3. The number of carboxylic acid groups (broad SMARTS) is 1. The second-order valence-electron chi connectivity index (χ2n) is 7.62. The van der Waals surface area contributed by atoms with Crippen molar-refractivity contribution in [3.8, 4) is 0 Å². The van der Waals surface area contributed by atoms with Crippen LogP contribution in [-0.2, 0) is 4.79 Å². The summed E-state index contributed by atoms with van der Waals surface area (Å²) in [4.78, 5) is 29.2. The van der Waals surface area contributed by atoms with Crippen LogP contribution in [-0.4, -0.2) is 57.8 Å². The van der Waals surface area contributed by atoms with Crippen molar-refractivity contribution >= 4 is 35.0 Å². The van der Waals surface area contributed by atoms with Crippen molar-refractivity contribution in [2.45, 2.75) is 54.9 Å². The second kappa shape index (κ2) is 7.86. The third-order valence-electron chi connectivity index (χ3n) is 6.07. The monoisotopic (exact) mass is 395 g/mol. The fourth-order valence-corrected chi connectivity index (χ4v) is 6.56. The van der Waals surface area contributed by atoms with Crippen LogP contribution in [0.25, 0.3) is 0 Å². The summed E-state index contributed by atoms with van der Waals surface area (Å²) in [5, 5.41) is 14.2. The summed E-state index contributed by atoms with van der Waals surface area (Å²) in [5.41, 5.74) is 0.0997. The predicted molar refractivity (Wildman–Crippen MR) is 102 cm³/mol. The van der Waals surface area contributed by atoms with Gasteiger partial charge in [-0.3, -0.25) is 4.79 Å². The van der Waals surface area contributed by atoms with Gasteiger partial charge in [0, 0.05) is 42.7 Å². The third-order valence-corrected chi connectivity index (χ3v) is 8.07. The number of nitrogens with one attached hydrogen (secondary N) is 1. The molecule has 26 heavy (non-hydrogen) atoms. The molecule has 1 saturated heterocycles. The van der Waals surface area contributed by atoms with Gasteiger partial charge >= 0.3 is 5.97 Å². The van der Waals surface area contributed by atoms with E-state index in [9.17, 15) is 9.59 Å². The maximum atomic E-state index is 12.2. The summed E-state index contributed by atoms with van der Waals surface area (Å²) in [6.07, 6.45) is 7.09. The Labute approximate surface area is 161 Å². The van der Waals surface area contributed by atoms with E-state index < -0.39 is 5.97 Å². The molecule has 1 aliphatic heterocycles. The SMILES string of the molecule is O=C(O)c1csc(SCCN2C(=O)CC[C@@H]2CN[C@@H]2C[C@@H]3CC[C@@H]2C3)n1. The minimum atomic E-state index is -0.991. The molecule has 2 saturated carbocycles. The van der Waals surface area contributed by atoms with Gasteiger partial charge in [-0.25, -0.2) is 9.78 Å². The van der Waals surface area contributed by atoms with Crippen LogP contribution in [0.3, 0.4) is 0 Å². The maximum Gasteiger partial charge on any atom is 0.355 e. The van der Waals surface area contributed by atoms with Crippen LogP contribution in [0.4, 0.5) is 0 Å². The van der Waals surface area contributed by atoms with Crippen molar-refractivity contribution in [2.24, 2.45) is 11.8 Å². The highest BCUT2D eigenvalue weighted by molar-refractivity contribution is 8.01. The number of carbonyl (C=O) groups excluding carboxylic acids is 1. The Kier molecular flexibility index (Phi) is 5.52. The van der Waals surface area contributed by atoms with Crippen LogP contribution in [0.5, 0.6) is 0 Å². The first-order valence-corrected chi connectivity index (χ1v) is 11.3. The average molecular weight is 396 g/mol. The van der Waals surface area contributed by atoms with Gasteiger partial charge in [-0.05, 0) is 37.5 Å². The normalized spacial score (nSPS) is 30.5. The Morgan fingerprint density at radius 1 is 1.38 bits per heavy atom. The number of aromatic nitrogens is 1. The van der Waals surface area contributed by atoms with Crippen LogP contribution >= 0.6 is 23.1 Å². The first-order valence-electron chi connectivity index (χ1n) is 9.44. The summed E-state index contributed by atoms with van der Waals surface area (Å²) in [6.45, 7) is 1.61.